The molecule has 2 aliphatic heterocycles. The Morgan fingerprint density at radius 1 is 1.14 bits per heavy atom. The quantitative estimate of drug-likeness (QED) is 0.497. The van der Waals surface area contributed by atoms with Crippen molar-refractivity contribution in [1.29, 1.82) is 0 Å². The van der Waals surface area contributed by atoms with Gasteiger partial charge in [-0.3, -0.25) is 14.7 Å². The Hall–Kier alpha value is -1.34. The van der Waals surface area contributed by atoms with E-state index in [1.165, 1.54) is 19.3 Å². The fourth-order valence-corrected chi connectivity index (χ4v) is 4.73. The highest BCUT2D eigenvalue weighted by atomic mass is 16.5. The Balaban J connectivity index is 1.44. The van der Waals surface area contributed by atoms with Gasteiger partial charge in [-0.05, 0) is 32.1 Å². The Morgan fingerprint density at radius 3 is 2.62 bits per heavy atom. The molecule has 2 heterocycles. The number of aliphatic imine (C=N–C) groups is 1. The van der Waals surface area contributed by atoms with Crippen LogP contribution in [0, 0.1) is 11.8 Å². The van der Waals surface area contributed by atoms with Gasteiger partial charge in [0.05, 0.1) is 13.2 Å². The topological polar surface area (TPSA) is 69.2 Å². The van der Waals surface area contributed by atoms with E-state index in [1.807, 2.05) is 0 Å². The molecule has 3 fully saturated rings. The lowest BCUT2D eigenvalue weighted by atomic mass is 9.88. The van der Waals surface area contributed by atoms with Crippen molar-refractivity contribution < 1.29 is 9.53 Å². The molecule has 1 aliphatic carbocycles. The predicted octanol–water partition coefficient (Wildman–Crippen LogP) is 1.69. The van der Waals surface area contributed by atoms with Crippen LogP contribution in [0.15, 0.2) is 4.99 Å². The average molecular weight is 408 g/mol. The van der Waals surface area contributed by atoms with Gasteiger partial charge in [-0.15, -0.1) is 0 Å². The molecule has 3 rings (SSSR count). The van der Waals surface area contributed by atoms with Crippen molar-refractivity contribution in [2.75, 3.05) is 59.0 Å². The highest BCUT2D eigenvalue weighted by molar-refractivity contribution is 5.81. The Morgan fingerprint density at radius 2 is 1.90 bits per heavy atom. The van der Waals surface area contributed by atoms with E-state index >= 15 is 0 Å². The second-order valence-electron chi connectivity index (χ2n) is 8.99. The summed E-state index contributed by atoms with van der Waals surface area (Å²) in [6.07, 6.45) is 6.89. The van der Waals surface area contributed by atoms with E-state index in [0.717, 1.165) is 84.2 Å². The van der Waals surface area contributed by atoms with Gasteiger partial charge < -0.3 is 20.3 Å². The van der Waals surface area contributed by atoms with Crippen LogP contribution in [-0.2, 0) is 9.53 Å². The number of morpholine rings is 1. The highest BCUT2D eigenvalue weighted by Crippen LogP contribution is 2.26. The van der Waals surface area contributed by atoms with Crippen LogP contribution in [-0.4, -0.2) is 86.7 Å². The lowest BCUT2D eigenvalue weighted by Crippen LogP contribution is -2.46. The molecule has 1 saturated carbocycles. The van der Waals surface area contributed by atoms with E-state index in [2.05, 4.69) is 34.3 Å². The number of ether oxygens (including phenoxy) is 1. The van der Waals surface area contributed by atoms with Gasteiger partial charge in [0.1, 0.15) is 0 Å². The van der Waals surface area contributed by atoms with Gasteiger partial charge in [0.25, 0.3) is 0 Å². The summed E-state index contributed by atoms with van der Waals surface area (Å²) in [7, 11) is 0. The smallest absolute Gasteiger partial charge is 0.225 e. The number of hydrogen-bond donors (Lipinski definition) is 2. The summed E-state index contributed by atoms with van der Waals surface area (Å²) < 4.78 is 5.43. The second-order valence-corrected chi connectivity index (χ2v) is 8.99. The minimum absolute atomic E-state index is 0.269. The first kappa shape index (κ1) is 22.3. The molecule has 2 saturated heterocycles. The zero-order chi connectivity index (χ0) is 20.5. The SMILES string of the molecule is CCNC(=NCC(C)CN1CCOCC1)NC1CCN(C(=O)C2CCCCC2)C1. The number of hydrogen-bond acceptors (Lipinski definition) is 4. The average Bonchev–Trinajstić information content (AvgIpc) is 3.21. The number of guanidine groups is 1. The standard InChI is InChI=1S/C22H41N5O2/c1-3-23-22(24-15-18(2)16-26-11-13-29-14-12-26)25-20-9-10-27(17-20)21(28)19-7-5-4-6-8-19/h18-20H,3-17H2,1-2H3,(H2,23,24,25). The van der Waals surface area contributed by atoms with Gasteiger partial charge in [0.2, 0.25) is 5.91 Å². The molecule has 7 nitrogen and oxygen atoms in total. The molecule has 2 unspecified atom stereocenters. The molecule has 166 valence electrons. The normalized spacial score (nSPS) is 25.8. The first-order valence-corrected chi connectivity index (χ1v) is 11.8. The van der Waals surface area contributed by atoms with Gasteiger partial charge in [0, 0.05) is 57.8 Å². The molecule has 0 bridgehead atoms. The molecular formula is C22H41N5O2. The second kappa shape index (κ2) is 11.7. The fraction of sp³-hybridized carbons (Fsp3) is 0.909. The number of likely N-dealkylation sites (tertiary alicyclic amines) is 1. The van der Waals surface area contributed by atoms with Gasteiger partial charge in [-0.2, -0.15) is 0 Å². The number of nitrogens with one attached hydrogen (secondary N) is 2. The first-order valence-electron chi connectivity index (χ1n) is 11.8. The third kappa shape index (κ3) is 7.14. The highest BCUT2D eigenvalue weighted by Gasteiger charge is 2.31. The molecular weight excluding hydrogens is 366 g/mol. The van der Waals surface area contributed by atoms with Crippen molar-refractivity contribution in [2.45, 2.75) is 58.4 Å². The molecule has 2 N–H and O–H groups in total. The van der Waals surface area contributed by atoms with Crippen LogP contribution in [0.5, 0.6) is 0 Å². The van der Waals surface area contributed by atoms with Crippen molar-refractivity contribution >= 4 is 11.9 Å². The summed E-state index contributed by atoms with van der Waals surface area (Å²) in [5.74, 6) is 2.05. The van der Waals surface area contributed by atoms with Gasteiger partial charge in [-0.25, -0.2) is 0 Å². The molecule has 0 aromatic rings. The molecule has 0 aromatic carbocycles. The maximum atomic E-state index is 12.8. The molecule has 2 atom stereocenters. The van der Waals surface area contributed by atoms with Crippen molar-refractivity contribution in [1.82, 2.24) is 20.4 Å². The van der Waals surface area contributed by atoms with E-state index in [-0.39, 0.29) is 5.92 Å². The Bertz CT molecular complexity index is 529. The number of amides is 1. The lowest BCUT2D eigenvalue weighted by molar-refractivity contribution is -0.135. The van der Waals surface area contributed by atoms with Crippen LogP contribution in [0.4, 0.5) is 0 Å². The molecule has 0 radical (unpaired) electrons. The summed E-state index contributed by atoms with van der Waals surface area (Å²) in [6, 6.07) is 0.301. The number of carbonyl (C=O) groups excluding carboxylic acids is 1. The van der Waals surface area contributed by atoms with Crippen molar-refractivity contribution in [3.8, 4) is 0 Å². The van der Waals surface area contributed by atoms with Crippen LogP contribution < -0.4 is 10.6 Å². The van der Waals surface area contributed by atoms with Crippen molar-refractivity contribution in [3.05, 3.63) is 0 Å². The minimum Gasteiger partial charge on any atom is -0.379 e. The van der Waals surface area contributed by atoms with Crippen molar-refractivity contribution in [2.24, 2.45) is 16.8 Å². The summed E-state index contributed by atoms with van der Waals surface area (Å²) in [6.45, 7) is 12.5. The van der Waals surface area contributed by atoms with Gasteiger partial charge in [-0.1, -0.05) is 26.2 Å². The van der Waals surface area contributed by atoms with Crippen LogP contribution in [0.25, 0.3) is 0 Å². The maximum absolute atomic E-state index is 12.8. The number of rotatable bonds is 7. The molecule has 7 heteroatoms. The molecule has 3 aliphatic rings. The Kier molecular flexibility index (Phi) is 9.05. The van der Waals surface area contributed by atoms with Crippen LogP contribution in [0.3, 0.4) is 0 Å². The van der Waals surface area contributed by atoms with Gasteiger partial charge >= 0.3 is 0 Å². The van der Waals surface area contributed by atoms with Crippen LogP contribution >= 0.6 is 0 Å². The minimum atomic E-state index is 0.269. The van der Waals surface area contributed by atoms with Gasteiger partial charge in [0.15, 0.2) is 5.96 Å². The molecule has 0 spiro atoms. The first-order chi connectivity index (χ1) is 14.2. The fourth-order valence-electron chi connectivity index (χ4n) is 4.73. The van der Waals surface area contributed by atoms with E-state index in [4.69, 9.17) is 9.73 Å². The summed E-state index contributed by atoms with van der Waals surface area (Å²) in [5, 5.41) is 6.95. The summed E-state index contributed by atoms with van der Waals surface area (Å²) in [4.78, 5) is 22.2. The predicted molar refractivity (Wildman–Crippen MR) is 117 cm³/mol. The van der Waals surface area contributed by atoms with E-state index < -0.39 is 0 Å². The maximum Gasteiger partial charge on any atom is 0.225 e. The van der Waals surface area contributed by atoms with E-state index in [1.54, 1.807) is 0 Å². The third-order valence-corrected chi connectivity index (χ3v) is 6.37. The zero-order valence-corrected chi connectivity index (χ0v) is 18.5. The zero-order valence-electron chi connectivity index (χ0n) is 18.5. The largest absolute Gasteiger partial charge is 0.379 e. The Labute approximate surface area is 176 Å². The summed E-state index contributed by atoms with van der Waals surface area (Å²) in [5.41, 5.74) is 0. The lowest BCUT2D eigenvalue weighted by Gasteiger charge is -2.28. The van der Waals surface area contributed by atoms with Crippen LogP contribution in [0.1, 0.15) is 52.4 Å². The van der Waals surface area contributed by atoms with E-state index in [9.17, 15) is 4.79 Å². The van der Waals surface area contributed by atoms with E-state index in [0.29, 0.717) is 17.9 Å². The number of nitrogens with zero attached hydrogens (tertiary/aromatic N) is 3. The van der Waals surface area contributed by atoms with Crippen LogP contribution in [0.2, 0.25) is 0 Å². The third-order valence-electron chi connectivity index (χ3n) is 6.37. The summed E-state index contributed by atoms with van der Waals surface area (Å²) >= 11 is 0. The number of carbonyl (C=O) groups is 1. The monoisotopic (exact) mass is 407 g/mol. The van der Waals surface area contributed by atoms with Crippen molar-refractivity contribution in [3.63, 3.8) is 0 Å². The molecule has 0 aromatic heterocycles. The molecule has 29 heavy (non-hydrogen) atoms. The molecule has 1 amide bonds.